The molecule has 1 rings (SSSR count). The highest BCUT2D eigenvalue weighted by atomic mass is 16.5. The van der Waals surface area contributed by atoms with Crippen molar-refractivity contribution in [3.05, 3.63) is 30.3 Å². The smallest absolute Gasteiger partial charge is 0.348 e. The Hall–Kier alpha value is -1.51. The van der Waals surface area contributed by atoms with Gasteiger partial charge in [0.05, 0.1) is 0 Å². The number of unbranched alkanes of at least 4 members (excludes halogenated alkanes) is 4. The largest absolute Gasteiger partial charge is 0.478 e. The number of carboxylic acid groups (broad SMARTS) is 1. The Bertz CT molecular complexity index is 390. The molecule has 0 atom stereocenters. The van der Waals surface area contributed by atoms with E-state index in [1.165, 1.54) is 0 Å². The molecular weight excluding hydrogens is 264 g/mol. The number of hydrogen-bond donors (Lipinski definition) is 1. The van der Waals surface area contributed by atoms with Crippen molar-refractivity contribution < 1.29 is 14.6 Å². The molecule has 3 heteroatoms. The van der Waals surface area contributed by atoms with Crippen LogP contribution in [-0.2, 0) is 4.79 Å². The number of carboxylic acids is 1. The topological polar surface area (TPSA) is 46.5 Å². The summed E-state index contributed by atoms with van der Waals surface area (Å²) >= 11 is 0. The summed E-state index contributed by atoms with van der Waals surface area (Å²) in [6.07, 6.45) is 7.18. The van der Waals surface area contributed by atoms with Crippen LogP contribution >= 0.6 is 0 Å². The van der Waals surface area contributed by atoms with Crippen molar-refractivity contribution in [1.29, 1.82) is 0 Å². The molecule has 1 aromatic carbocycles. The first-order valence-electron chi connectivity index (χ1n) is 8.12. The maximum atomic E-state index is 11.9. The molecule has 0 unspecified atom stereocenters. The molecule has 0 bridgehead atoms. The van der Waals surface area contributed by atoms with Gasteiger partial charge >= 0.3 is 5.97 Å². The van der Waals surface area contributed by atoms with E-state index in [4.69, 9.17) is 4.74 Å². The molecule has 1 N–H and O–H groups in total. The second-order valence-electron chi connectivity index (χ2n) is 5.63. The molecule has 0 aliphatic rings. The van der Waals surface area contributed by atoms with Crippen molar-refractivity contribution in [1.82, 2.24) is 0 Å². The van der Waals surface area contributed by atoms with Crippen LogP contribution in [0.15, 0.2) is 30.3 Å². The van der Waals surface area contributed by atoms with Gasteiger partial charge in [-0.15, -0.1) is 0 Å². The first-order chi connectivity index (χ1) is 10.1. The van der Waals surface area contributed by atoms with Crippen LogP contribution in [0.1, 0.15) is 65.2 Å². The Morgan fingerprint density at radius 3 is 1.95 bits per heavy atom. The molecule has 0 heterocycles. The lowest BCUT2D eigenvalue weighted by atomic mass is 9.89. The fourth-order valence-corrected chi connectivity index (χ4v) is 2.52. The molecule has 0 radical (unpaired) electrons. The Morgan fingerprint density at radius 2 is 1.52 bits per heavy atom. The highest BCUT2D eigenvalue weighted by Gasteiger charge is 2.39. The lowest BCUT2D eigenvalue weighted by molar-refractivity contribution is -0.157. The molecule has 0 spiro atoms. The Kier molecular flexibility index (Phi) is 7.88. The zero-order chi connectivity index (χ0) is 15.6. The molecule has 0 aliphatic heterocycles. The van der Waals surface area contributed by atoms with Crippen LogP contribution in [0.5, 0.6) is 5.75 Å². The van der Waals surface area contributed by atoms with Gasteiger partial charge in [0.1, 0.15) is 5.75 Å². The van der Waals surface area contributed by atoms with Crippen LogP contribution < -0.4 is 4.74 Å². The van der Waals surface area contributed by atoms with E-state index in [9.17, 15) is 9.90 Å². The van der Waals surface area contributed by atoms with Crippen LogP contribution in [-0.4, -0.2) is 16.7 Å². The average molecular weight is 292 g/mol. The molecule has 0 amide bonds. The number of para-hydroxylation sites is 1. The Morgan fingerprint density at radius 1 is 1.00 bits per heavy atom. The quantitative estimate of drug-likeness (QED) is 0.580. The monoisotopic (exact) mass is 292 g/mol. The summed E-state index contributed by atoms with van der Waals surface area (Å²) in [6.45, 7) is 4.25. The Balaban J connectivity index is 2.84. The molecule has 3 nitrogen and oxygen atoms in total. The van der Waals surface area contributed by atoms with Gasteiger partial charge in [-0.2, -0.15) is 0 Å². The van der Waals surface area contributed by atoms with E-state index in [0.717, 1.165) is 38.5 Å². The third-order valence-corrected chi connectivity index (χ3v) is 3.81. The van der Waals surface area contributed by atoms with Gasteiger partial charge in [0.2, 0.25) is 5.60 Å². The molecule has 0 saturated carbocycles. The van der Waals surface area contributed by atoms with Crippen molar-refractivity contribution in [3.8, 4) is 5.75 Å². The summed E-state index contributed by atoms with van der Waals surface area (Å²) in [5.74, 6) is -0.188. The molecule has 21 heavy (non-hydrogen) atoms. The Labute approximate surface area is 128 Å². The van der Waals surface area contributed by atoms with Crippen LogP contribution in [0.4, 0.5) is 0 Å². The molecule has 0 fully saturated rings. The minimum atomic E-state index is -1.08. The van der Waals surface area contributed by atoms with Crippen LogP contribution in [0.3, 0.4) is 0 Å². The summed E-state index contributed by atoms with van der Waals surface area (Å²) in [4.78, 5) is 11.9. The van der Waals surface area contributed by atoms with E-state index in [-0.39, 0.29) is 0 Å². The van der Waals surface area contributed by atoms with Gasteiger partial charge in [-0.1, -0.05) is 57.7 Å². The van der Waals surface area contributed by atoms with E-state index >= 15 is 0 Å². The SMILES string of the molecule is CCCCCC(CCCCC)(Oc1ccccc1)C(=O)O. The maximum Gasteiger partial charge on any atom is 0.348 e. The summed E-state index contributed by atoms with van der Waals surface area (Å²) in [6, 6.07) is 9.32. The maximum absolute atomic E-state index is 11.9. The number of carbonyl (C=O) groups is 1. The zero-order valence-corrected chi connectivity index (χ0v) is 13.3. The fraction of sp³-hybridized carbons (Fsp3) is 0.611. The van der Waals surface area contributed by atoms with Gasteiger partial charge in [-0.05, 0) is 37.8 Å². The summed E-state index contributed by atoms with van der Waals surface area (Å²) in [5.41, 5.74) is -1.08. The van der Waals surface area contributed by atoms with E-state index in [2.05, 4.69) is 13.8 Å². The summed E-state index contributed by atoms with van der Waals surface area (Å²) in [7, 11) is 0. The molecule has 0 saturated heterocycles. The van der Waals surface area contributed by atoms with Crippen molar-refractivity contribution >= 4 is 5.97 Å². The van der Waals surface area contributed by atoms with E-state index in [0.29, 0.717) is 18.6 Å². The summed E-state index contributed by atoms with van der Waals surface area (Å²) in [5, 5.41) is 9.76. The van der Waals surface area contributed by atoms with Gasteiger partial charge in [0, 0.05) is 0 Å². The number of benzene rings is 1. The van der Waals surface area contributed by atoms with Crippen molar-refractivity contribution in [3.63, 3.8) is 0 Å². The van der Waals surface area contributed by atoms with Gasteiger partial charge in [0.25, 0.3) is 0 Å². The predicted molar refractivity (Wildman–Crippen MR) is 85.7 cm³/mol. The van der Waals surface area contributed by atoms with Crippen molar-refractivity contribution in [2.45, 2.75) is 70.8 Å². The zero-order valence-electron chi connectivity index (χ0n) is 13.3. The number of rotatable bonds is 11. The fourth-order valence-electron chi connectivity index (χ4n) is 2.52. The van der Waals surface area contributed by atoms with Gasteiger partial charge in [0.15, 0.2) is 0 Å². The average Bonchev–Trinajstić information content (AvgIpc) is 2.48. The number of hydrogen-bond acceptors (Lipinski definition) is 2. The predicted octanol–water partition coefficient (Wildman–Crippen LogP) is 5.05. The second kappa shape index (κ2) is 9.43. The minimum Gasteiger partial charge on any atom is -0.478 e. The first kappa shape index (κ1) is 17.5. The van der Waals surface area contributed by atoms with Crippen LogP contribution in [0.25, 0.3) is 0 Å². The highest BCUT2D eigenvalue weighted by molar-refractivity contribution is 5.78. The molecule has 1 aromatic rings. The van der Waals surface area contributed by atoms with Crippen molar-refractivity contribution in [2.24, 2.45) is 0 Å². The van der Waals surface area contributed by atoms with Crippen LogP contribution in [0.2, 0.25) is 0 Å². The van der Waals surface area contributed by atoms with Crippen LogP contribution in [0, 0.1) is 0 Å². The third-order valence-electron chi connectivity index (χ3n) is 3.81. The first-order valence-corrected chi connectivity index (χ1v) is 8.12. The van der Waals surface area contributed by atoms with E-state index < -0.39 is 11.6 Å². The van der Waals surface area contributed by atoms with Gasteiger partial charge < -0.3 is 9.84 Å². The molecule has 118 valence electrons. The molecule has 0 aliphatic carbocycles. The lowest BCUT2D eigenvalue weighted by Crippen LogP contribution is -2.44. The molecule has 0 aromatic heterocycles. The molecular formula is C18H28O3. The third kappa shape index (κ3) is 5.78. The van der Waals surface area contributed by atoms with E-state index in [1.54, 1.807) is 0 Å². The van der Waals surface area contributed by atoms with Crippen molar-refractivity contribution in [2.75, 3.05) is 0 Å². The minimum absolute atomic E-state index is 0.578. The lowest BCUT2D eigenvalue weighted by Gasteiger charge is -2.30. The summed E-state index contributed by atoms with van der Waals surface area (Å²) < 4.78 is 5.96. The number of ether oxygens (including phenoxy) is 1. The highest BCUT2D eigenvalue weighted by Crippen LogP contribution is 2.29. The van der Waals surface area contributed by atoms with E-state index in [1.807, 2.05) is 30.3 Å². The second-order valence-corrected chi connectivity index (χ2v) is 5.63. The normalized spacial score (nSPS) is 11.3. The standard InChI is InChI=1S/C18H28O3/c1-3-5-10-14-18(17(19)20,15-11-6-4-2)21-16-12-8-7-9-13-16/h7-9,12-13H,3-6,10-11,14-15H2,1-2H3,(H,19,20). The number of aliphatic carboxylic acids is 1. The van der Waals surface area contributed by atoms with Gasteiger partial charge in [-0.25, -0.2) is 4.79 Å². The van der Waals surface area contributed by atoms with Gasteiger partial charge in [-0.3, -0.25) is 0 Å².